The van der Waals surface area contributed by atoms with E-state index in [9.17, 15) is 4.79 Å². The van der Waals surface area contributed by atoms with Gasteiger partial charge in [-0.15, -0.1) is 0 Å². The van der Waals surface area contributed by atoms with Gasteiger partial charge in [-0.1, -0.05) is 24.3 Å². The molecule has 3 fully saturated rings. The van der Waals surface area contributed by atoms with E-state index in [2.05, 4.69) is 29.2 Å². The molecule has 0 N–H and O–H groups in total. The Morgan fingerprint density at radius 3 is 2.79 bits per heavy atom. The van der Waals surface area contributed by atoms with Crippen LogP contribution in [0.25, 0.3) is 0 Å². The average molecular weight is 326 g/mol. The monoisotopic (exact) mass is 326 g/mol. The van der Waals surface area contributed by atoms with Crippen LogP contribution < -0.4 is 0 Å². The van der Waals surface area contributed by atoms with Crippen molar-refractivity contribution in [2.45, 2.75) is 50.3 Å². The van der Waals surface area contributed by atoms with Crippen LogP contribution >= 0.6 is 0 Å². The fourth-order valence-electron chi connectivity index (χ4n) is 4.86. The standard InChI is InChI=1S/C20H26N2O2/c23-19(21-9-3-4-10-21)18-11-20(14-24-18)17-6-2-1-5-16(17)13-22(20)12-15-7-8-15/h1-2,5-6,15,18H,3-4,7-14H2. The van der Waals surface area contributed by atoms with E-state index in [0.29, 0.717) is 6.61 Å². The molecule has 4 heteroatoms. The molecule has 128 valence electrons. The molecular formula is C20H26N2O2. The van der Waals surface area contributed by atoms with Crippen molar-refractivity contribution in [1.82, 2.24) is 9.80 Å². The number of ether oxygens (including phenoxy) is 1. The van der Waals surface area contributed by atoms with E-state index in [-0.39, 0.29) is 17.6 Å². The first-order valence-electron chi connectivity index (χ1n) is 9.50. The van der Waals surface area contributed by atoms with Crippen LogP contribution in [0.3, 0.4) is 0 Å². The molecule has 2 unspecified atom stereocenters. The minimum atomic E-state index is -0.254. The maximum Gasteiger partial charge on any atom is 0.251 e. The largest absolute Gasteiger partial charge is 0.366 e. The van der Waals surface area contributed by atoms with Gasteiger partial charge in [0, 0.05) is 32.6 Å². The zero-order valence-corrected chi connectivity index (χ0v) is 14.2. The highest BCUT2D eigenvalue weighted by Gasteiger charge is 2.53. The Bertz CT molecular complexity index is 651. The summed E-state index contributed by atoms with van der Waals surface area (Å²) >= 11 is 0. The first-order chi connectivity index (χ1) is 11.8. The highest BCUT2D eigenvalue weighted by atomic mass is 16.5. The molecule has 2 saturated heterocycles. The molecule has 5 rings (SSSR count). The molecule has 3 heterocycles. The summed E-state index contributed by atoms with van der Waals surface area (Å²) in [5, 5.41) is 0. The van der Waals surface area contributed by atoms with E-state index in [1.54, 1.807) is 0 Å². The Hall–Kier alpha value is -1.39. The lowest BCUT2D eigenvalue weighted by Gasteiger charge is -2.35. The topological polar surface area (TPSA) is 32.8 Å². The number of nitrogens with zero attached hydrogens (tertiary/aromatic N) is 2. The molecule has 0 bridgehead atoms. The van der Waals surface area contributed by atoms with Crippen LogP contribution in [-0.4, -0.2) is 48.1 Å². The SMILES string of the molecule is O=C(C1CC2(CO1)c1ccccc1CN2CC1CC1)N1CCCC1. The van der Waals surface area contributed by atoms with Gasteiger partial charge in [0.1, 0.15) is 6.10 Å². The van der Waals surface area contributed by atoms with Gasteiger partial charge in [-0.25, -0.2) is 0 Å². The van der Waals surface area contributed by atoms with E-state index in [0.717, 1.165) is 51.4 Å². The summed E-state index contributed by atoms with van der Waals surface area (Å²) in [5.74, 6) is 1.07. The molecule has 1 spiro atoms. The lowest BCUT2D eigenvalue weighted by molar-refractivity contribution is -0.139. The molecular weight excluding hydrogens is 300 g/mol. The van der Waals surface area contributed by atoms with Crippen LogP contribution in [0.1, 0.15) is 43.2 Å². The number of fused-ring (bicyclic) bond motifs is 2. The summed E-state index contributed by atoms with van der Waals surface area (Å²) in [6.07, 6.45) is 5.57. The van der Waals surface area contributed by atoms with Crippen molar-refractivity contribution in [2.24, 2.45) is 5.92 Å². The molecule has 4 aliphatic rings. The van der Waals surface area contributed by atoms with E-state index < -0.39 is 0 Å². The minimum absolute atomic E-state index is 0.0702. The second-order valence-electron chi connectivity index (χ2n) is 8.05. The Balaban J connectivity index is 1.42. The first-order valence-corrected chi connectivity index (χ1v) is 9.50. The van der Waals surface area contributed by atoms with Gasteiger partial charge >= 0.3 is 0 Å². The van der Waals surface area contributed by atoms with Crippen molar-refractivity contribution >= 4 is 5.91 Å². The van der Waals surface area contributed by atoms with Gasteiger partial charge in [-0.3, -0.25) is 9.69 Å². The van der Waals surface area contributed by atoms with Gasteiger partial charge in [0.25, 0.3) is 5.91 Å². The molecule has 1 saturated carbocycles. The average Bonchev–Trinajstić information content (AvgIpc) is 3.06. The van der Waals surface area contributed by atoms with E-state index >= 15 is 0 Å². The third kappa shape index (κ3) is 2.31. The van der Waals surface area contributed by atoms with E-state index in [1.165, 1.54) is 24.0 Å². The summed E-state index contributed by atoms with van der Waals surface area (Å²) < 4.78 is 6.12. The number of amides is 1. The lowest BCUT2D eigenvalue weighted by atomic mass is 9.86. The zero-order chi connectivity index (χ0) is 16.1. The maximum absolute atomic E-state index is 12.8. The third-order valence-electron chi connectivity index (χ3n) is 6.40. The quantitative estimate of drug-likeness (QED) is 0.856. The van der Waals surface area contributed by atoms with Crippen LogP contribution in [0, 0.1) is 5.92 Å². The molecule has 4 nitrogen and oxygen atoms in total. The van der Waals surface area contributed by atoms with Crippen LogP contribution in [0.4, 0.5) is 0 Å². The van der Waals surface area contributed by atoms with Crippen LogP contribution in [0.2, 0.25) is 0 Å². The zero-order valence-electron chi connectivity index (χ0n) is 14.2. The maximum atomic E-state index is 12.8. The highest BCUT2D eigenvalue weighted by molar-refractivity contribution is 5.81. The normalized spacial score (nSPS) is 32.7. The van der Waals surface area contributed by atoms with E-state index in [4.69, 9.17) is 4.74 Å². The second-order valence-corrected chi connectivity index (χ2v) is 8.05. The Morgan fingerprint density at radius 1 is 1.21 bits per heavy atom. The second kappa shape index (κ2) is 5.57. The lowest BCUT2D eigenvalue weighted by Crippen LogP contribution is -2.44. The van der Waals surface area contributed by atoms with E-state index in [1.807, 2.05) is 4.90 Å². The molecule has 1 aromatic rings. The number of rotatable bonds is 3. The smallest absolute Gasteiger partial charge is 0.251 e. The van der Waals surface area contributed by atoms with Gasteiger partial charge < -0.3 is 9.64 Å². The Kier molecular flexibility index (Phi) is 3.46. The fourth-order valence-corrected chi connectivity index (χ4v) is 4.86. The number of likely N-dealkylation sites (tertiary alicyclic amines) is 1. The summed E-state index contributed by atoms with van der Waals surface area (Å²) in [7, 11) is 0. The van der Waals surface area contributed by atoms with Gasteiger partial charge in [-0.2, -0.15) is 0 Å². The van der Waals surface area contributed by atoms with Crippen molar-refractivity contribution in [3.8, 4) is 0 Å². The molecule has 2 atom stereocenters. The summed E-state index contributed by atoms with van der Waals surface area (Å²) in [4.78, 5) is 17.5. The molecule has 1 amide bonds. The van der Waals surface area contributed by atoms with Crippen molar-refractivity contribution < 1.29 is 9.53 Å². The van der Waals surface area contributed by atoms with Crippen LogP contribution in [0.15, 0.2) is 24.3 Å². The number of benzene rings is 1. The van der Waals surface area contributed by atoms with Gasteiger partial charge in [0.05, 0.1) is 12.1 Å². The van der Waals surface area contributed by atoms with Gasteiger partial charge in [0.2, 0.25) is 0 Å². The summed E-state index contributed by atoms with van der Waals surface area (Å²) in [5.41, 5.74) is 2.76. The van der Waals surface area contributed by atoms with Crippen molar-refractivity contribution in [3.05, 3.63) is 35.4 Å². The Morgan fingerprint density at radius 2 is 2.00 bits per heavy atom. The third-order valence-corrected chi connectivity index (χ3v) is 6.40. The van der Waals surface area contributed by atoms with Crippen molar-refractivity contribution in [1.29, 1.82) is 0 Å². The highest BCUT2D eigenvalue weighted by Crippen LogP contribution is 2.48. The predicted octanol–water partition coefficient (Wildman–Crippen LogP) is 2.52. The number of hydrogen-bond donors (Lipinski definition) is 0. The molecule has 0 radical (unpaired) electrons. The van der Waals surface area contributed by atoms with Crippen LogP contribution in [-0.2, 0) is 21.6 Å². The molecule has 0 aromatic heterocycles. The number of carbonyl (C=O) groups excluding carboxylic acids is 1. The number of hydrogen-bond acceptors (Lipinski definition) is 3. The first kappa shape index (κ1) is 14.9. The van der Waals surface area contributed by atoms with Crippen molar-refractivity contribution in [2.75, 3.05) is 26.2 Å². The predicted molar refractivity (Wildman–Crippen MR) is 91.4 cm³/mol. The molecule has 24 heavy (non-hydrogen) atoms. The summed E-state index contributed by atoms with van der Waals surface area (Å²) in [6.45, 7) is 4.66. The Labute approximate surface area is 143 Å². The van der Waals surface area contributed by atoms with Gasteiger partial charge in [-0.05, 0) is 42.7 Å². The van der Waals surface area contributed by atoms with Crippen LogP contribution in [0.5, 0.6) is 0 Å². The minimum Gasteiger partial charge on any atom is -0.366 e. The molecule has 3 aliphatic heterocycles. The van der Waals surface area contributed by atoms with Gasteiger partial charge in [0.15, 0.2) is 0 Å². The molecule has 1 aromatic carbocycles. The molecule has 1 aliphatic carbocycles. The summed E-state index contributed by atoms with van der Waals surface area (Å²) in [6, 6.07) is 8.78. The number of carbonyl (C=O) groups is 1. The van der Waals surface area contributed by atoms with Crippen molar-refractivity contribution in [3.63, 3.8) is 0 Å². The fraction of sp³-hybridized carbons (Fsp3) is 0.650.